The molecule has 4 rings (SSSR count). The van der Waals surface area contributed by atoms with Crippen LogP contribution < -0.4 is 14.2 Å². The van der Waals surface area contributed by atoms with Crippen molar-refractivity contribution < 1.29 is 23.5 Å². The van der Waals surface area contributed by atoms with Crippen molar-refractivity contribution in [1.29, 1.82) is 0 Å². The molecule has 194 valence electrons. The SMILES string of the molecule is COc1cccc(OC)c1-n1c(N[S+]([O-])C(C)C(OC)c2ncc(Cl)cn2)nnc1C1CCC(C)O1. The summed E-state index contributed by atoms with van der Waals surface area (Å²) < 4.78 is 41.2. The predicted octanol–water partition coefficient (Wildman–Crippen LogP) is 3.82. The third kappa shape index (κ3) is 5.37. The maximum absolute atomic E-state index is 13.5. The Morgan fingerprint density at radius 1 is 1.14 bits per heavy atom. The minimum absolute atomic E-state index is 0.0899. The number of rotatable bonds is 10. The van der Waals surface area contributed by atoms with Gasteiger partial charge in [0.05, 0.1) is 36.7 Å². The Balaban J connectivity index is 1.72. The molecule has 1 saturated heterocycles. The largest absolute Gasteiger partial charge is 0.593 e. The maximum Gasteiger partial charge on any atom is 0.271 e. The third-order valence-corrected chi connectivity index (χ3v) is 7.44. The van der Waals surface area contributed by atoms with Crippen molar-refractivity contribution in [3.63, 3.8) is 0 Å². The standard InChI is InChI=1S/C23H29ClN6O5S/c1-13-9-10-18(35-13)22-27-28-23(30(22)19-16(32-3)7-6-8-17(19)33-4)29-36(31)14(2)20(34-5)21-25-11-15(24)12-26-21/h6-8,11-14,18,20H,9-10H2,1-5H3,(H,28,29). The van der Waals surface area contributed by atoms with Crippen molar-refractivity contribution in [1.82, 2.24) is 24.7 Å². The molecule has 1 fully saturated rings. The quantitative estimate of drug-likeness (QED) is 0.382. The second-order valence-corrected chi connectivity index (χ2v) is 10.2. The van der Waals surface area contributed by atoms with Crippen molar-refractivity contribution in [3.8, 4) is 17.2 Å². The van der Waals surface area contributed by atoms with E-state index in [9.17, 15) is 4.55 Å². The van der Waals surface area contributed by atoms with Gasteiger partial charge in [-0.1, -0.05) is 17.7 Å². The summed E-state index contributed by atoms with van der Waals surface area (Å²) in [4.78, 5) is 8.44. The summed E-state index contributed by atoms with van der Waals surface area (Å²) in [5.74, 6) is 2.23. The van der Waals surface area contributed by atoms with E-state index in [1.165, 1.54) is 19.5 Å². The number of halogens is 1. The van der Waals surface area contributed by atoms with E-state index in [-0.39, 0.29) is 18.2 Å². The van der Waals surface area contributed by atoms with Crippen molar-refractivity contribution in [3.05, 3.63) is 47.3 Å². The molecule has 2 aromatic heterocycles. The van der Waals surface area contributed by atoms with E-state index in [2.05, 4.69) is 24.9 Å². The van der Waals surface area contributed by atoms with Gasteiger partial charge in [-0.05, 0) is 38.8 Å². The summed E-state index contributed by atoms with van der Waals surface area (Å²) in [6.07, 6.45) is 3.74. The van der Waals surface area contributed by atoms with Gasteiger partial charge >= 0.3 is 0 Å². The summed E-state index contributed by atoms with van der Waals surface area (Å²) in [5, 5.41) is 8.58. The molecule has 0 aliphatic carbocycles. The first kappa shape index (κ1) is 26.4. The number of hydrogen-bond acceptors (Lipinski definition) is 10. The minimum atomic E-state index is -1.68. The van der Waals surface area contributed by atoms with Crippen LogP contribution in [0.15, 0.2) is 30.6 Å². The third-order valence-electron chi connectivity index (χ3n) is 5.94. The van der Waals surface area contributed by atoms with Crippen LogP contribution in [0.25, 0.3) is 5.69 Å². The van der Waals surface area contributed by atoms with Crippen molar-refractivity contribution in [2.75, 3.05) is 26.1 Å². The van der Waals surface area contributed by atoms with E-state index in [4.69, 9.17) is 30.5 Å². The van der Waals surface area contributed by atoms with Crippen LogP contribution in [-0.4, -0.2) is 62.0 Å². The number of nitrogens with one attached hydrogen (secondary N) is 1. The summed E-state index contributed by atoms with van der Waals surface area (Å²) in [7, 11) is 4.65. The highest BCUT2D eigenvalue weighted by molar-refractivity contribution is 7.93. The smallest absolute Gasteiger partial charge is 0.271 e. The molecule has 5 unspecified atom stereocenters. The molecule has 1 N–H and O–H groups in total. The highest BCUT2D eigenvalue weighted by Crippen LogP contribution is 2.40. The lowest BCUT2D eigenvalue weighted by molar-refractivity contribution is 0.0492. The molecule has 5 atom stereocenters. The number of aromatic nitrogens is 5. The lowest BCUT2D eigenvalue weighted by Crippen LogP contribution is -2.33. The average Bonchev–Trinajstić information content (AvgIpc) is 3.50. The monoisotopic (exact) mass is 536 g/mol. The van der Waals surface area contributed by atoms with E-state index >= 15 is 0 Å². The zero-order valence-electron chi connectivity index (χ0n) is 20.7. The maximum atomic E-state index is 13.5. The van der Waals surface area contributed by atoms with Gasteiger partial charge in [-0.25, -0.2) is 9.97 Å². The molecule has 1 aliphatic rings. The Hall–Kier alpha value is -2.64. The van der Waals surface area contributed by atoms with E-state index < -0.39 is 22.7 Å². The van der Waals surface area contributed by atoms with E-state index in [1.807, 2.05) is 25.1 Å². The fraction of sp³-hybridized carbons (Fsp3) is 0.478. The van der Waals surface area contributed by atoms with Crippen molar-refractivity contribution >= 4 is 28.9 Å². The van der Waals surface area contributed by atoms with Crippen LogP contribution >= 0.6 is 11.6 Å². The predicted molar refractivity (Wildman–Crippen MR) is 135 cm³/mol. The second kappa shape index (κ2) is 11.6. The zero-order valence-corrected chi connectivity index (χ0v) is 22.2. The molecule has 3 heterocycles. The average molecular weight is 537 g/mol. The van der Waals surface area contributed by atoms with Crippen LogP contribution in [0.1, 0.15) is 50.5 Å². The van der Waals surface area contributed by atoms with Gasteiger partial charge in [0.2, 0.25) is 0 Å². The number of benzene rings is 1. The van der Waals surface area contributed by atoms with Gasteiger partial charge in [0, 0.05) is 19.5 Å². The molecule has 0 radical (unpaired) electrons. The summed E-state index contributed by atoms with van der Waals surface area (Å²) >= 11 is 4.23. The van der Waals surface area contributed by atoms with E-state index in [0.29, 0.717) is 33.9 Å². The van der Waals surface area contributed by atoms with Gasteiger partial charge in [-0.15, -0.1) is 10.2 Å². The van der Waals surface area contributed by atoms with Gasteiger partial charge in [0.15, 0.2) is 23.0 Å². The van der Waals surface area contributed by atoms with Crippen LogP contribution in [-0.2, 0) is 20.8 Å². The number of nitrogens with zero attached hydrogens (tertiary/aromatic N) is 5. The van der Waals surface area contributed by atoms with Gasteiger partial charge in [0.25, 0.3) is 5.95 Å². The Bertz CT molecular complexity index is 1140. The zero-order chi connectivity index (χ0) is 25.8. The molecular weight excluding hydrogens is 508 g/mol. The molecule has 0 bridgehead atoms. The highest BCUT2D eigenvalue weighted by atomic mass is 35.5. The fourth-order valence-corrected chi connectivity index (χ4v) is 5.16. The second-order valence-electron chi connectivity index (χ2n) is 8.26. The molecule has 11 nitrogen and oxygen atoms in total. The van der Waals surface area contributed by atoms with Crippen LogP contribution in [0.2, 0.25) is 5.02 Å². The molecule has 0 saturated carbocycles. The molecule has 0 spiro atoms. The fourth-order valence-electron chi connectivity index (χ4n) is 4.11. The van der Waals surface area contributed by atoms with Gasteiger partial charge < -0.3 is 23.5 Å². The molecule has 13 heteroatoms. The number of ether oxygens (including phenoxy) is 4. The lowest BCUT2D eigenvalue weighted by atomic mass is 10.2. The normalized spacial score (nSPS) is 20.1. The number of methoxy groups -OCH3 is 3. The topological polar surface area (TPSA) is 128 Å². The Labute approximate surface area is 217 Å². The van der Waals surface area contributed by atoms with Crippen molar-refractivity contribution in [2.45, 2.75) is 50.3 Å². The Morgan fingerprint density at radius 3 is 2.36 bits per heavy atom. The minimum Gasteiger partial charge on any atom is -0.593 e. The van der Waals surface area contributed by atoms with Crippen LogP contribution in [0, 0.1) is 0 Å². The molecule has 1 aliphatic heterocycles. The van der Waals surface area contributed by atoms with Gasteiger partial charge in [-0.2, -0.15) is 4.72 Å². The summed E-state index contributed by atoms with van der Waals surface area (Å²) in [5.41, 5.74) is 0.571. The number of hydrogen-bond donors (Lipinski definition) is 1. The summed E-state index contributed by atoms with van der Waals surface area (Å²) in [6, 6.07) is 5.44. The molecular formula is C23H29ClN6O5S. The first-order valence-corrected chi connectivity index (χ1v) is 13.0. The first-order chi connectivity index (χ1) is 17.4. The Morgan fingerprint density at radius 2 is 1.81 bits per heavy atom. The lowest BCUT2D eigenvalue weighted by Gasteiger charge is -2.24. The van der Waals surface area contributed by atoms with Crippen LogP contribution in [0.3, 0.4) is 0 Å². The molecule has 3 aromatic rings. The van der Waals surface area contributed by atoms with Crippen LogP contribution in [0.4, 0.5) is 5.95 Å². The van der Waals surface area contributed by atoms with Gasteiger partial charge in [-0.3, -0.25) is 4.57 Å². The molecule has 0 amide bonds. The molecule has 36 heavy (non-hydrogen) atoms. The number of anilines is 1. The van der Waals surface area contributed by atoms with Gasteiger partial charge in [0.1, 0.15) is 23.3 Å². The van der Waals surface area contributed by atoms with E-state index in [1.54, 1.807) is 25.7 Å². The highest BCUT2D eigenvalue weighted by Gasteiger charge is 2.36. The summed E-state index contributed by atoms with van der Waals surface area (Å²) in [6.45, 7) is 3.78. The van der Waals surface area contributed by atoms with Crippen LogP contribution in [0.5, 0.6) is 11.5 Å². The van der Waals surface area contributed by atoms with Crippen molar-refractivity contribution in [2.24, 2.45) is 0 Å². The Kier molecular flexibility index (Phi) is 8.52. The van der Waals surface area contributed by atoms with E-state index in [0.717, 1.165) is 12.8 Å². The molecule has 1 aromatic carbocycles. The number of para-hydroxylation sites is 1. The first-order valence-electron chi connectivity index (χ1n) is 11.4.